The first-order valence-electron chi connectivity index (χ1n) is 6.80. The van der Waals surface area contributed by atoms with Crippen molar-refractivity contribution in [3.63, 3.8) is 0 Å². The Kier molecular flexibility index (Phi) is 4.36. The lowest BCUT2D eigenvalue weighted by atomic mass is 9.84. The Balaban J connectivity index is 2.14. The first kappa shape index (κ1) is 13.5. The highest BCUT2D eigenvalue weighted by atomic mass is 19.1. The molecule has 1 aliphatic carbocycles. The molecule has 0 radical (unpaired) electrons. The average Bonchev–Trinajstić information content (AvgIpc) is 2.26. The standard InChI is InChI=1S/C15H23FN2/c1-11(17)15(13-8-3-4-9-14(13)16)18(2)10-12-6-5-7-12/h3-4,8-9,11-12,15H,5-7,10,17H2,1-2H3. The molecule has 2 atom stereocenters. The van der Waals surface area contributed by atoms with Gasteiger partial charge in [0.2, 0.25) is 0 Å². The van der Waals surface area contributed by atoms with Gasteiger partial charge in [-0.1, -0.05) is 24.6 Å². The lowest BCUT2D eigenvalue weighted by Crippen LogP contribution is -2.41. The highest BCUT2D eigenvalue weighted by Gasteiger charge is 2.27. The largest absolute Gasteiger partial charge is 0.326 e. The first-order chi connectivity index (χ1) is 8.59. The SMILES string of the molecule is CC(N)C(c1ccccc1F)N(C)CC1CCC1. The smallest absolute Gasteiger partial charge is 0.128 e. The third kappa shape index (κ3) is 2.90. The van der Waals surface area contributed by atoms with Crippen molar-refractivity contribution < 1.29 is 4.39 Å². The fourth-order valence-corrected chi connectivity index (χ4v) is 2.83. The molecule has 1 aromatic carbocycles. The molecule has 0 heterocycles. The summed E-state index contributed by atoms with van der Waals surface area (Å²) >= 11 is 0. The Hall–Kier alpha value is -0.930. The maximum absolute atomic E-state index is 13.9. The molecule has 100 valence electrons. The average molecular weight is 250 g/mol. The second-order valence-corrected chi connectivity index (χ2v) is 5.56. The van der Waals surface area contributed by atoms with Gasteiger partial charge in [0.1, 0.15) is 5.82 Å². The molecule has 2 unspecified atom stereocenters. The van der Waals surface area contributed by atoms with Crippen LogP contribution in [0.4, 0.5) is 4.39 Å². The summed E-state index contributed by atoms with van der Waals surface area (Å²) in [4.78, 5) is 2.22. The van der Waals surface area contributed by atoms with Gasteiger partial charge in [-0.15, -0.1) is 0 Å². The molecule has 1 saturated carbocycles. The maximum atomic E-state index is 13.9. The van der Waals surface area contributed by atoms with Crippen LogP contribution in [0.15, 0.2) is 24.3 Å². The molecule has 0 aliphatic heterocycles. The summed E-state index contributed by atoms with van der Waals surface area (Å²) in [5, 5.41) is 0. The molecule has 3 heteroatoms. The summed E-state index contributed by atoms with van der Waals surface area (Å²) in [6.45, 7) is 2.97. The molecule has 2 N–H and O–H groups in total. The normalized spacial score (nSPS) is 19.6. The van der Waals surface area contributed by atoms with Gasteiger partial charge >= 0.3 is 0 Å². The molecular weight excluding hydrogens is 227 g/mol. The molecule has 2 rings (SSSR count). The van der Waals surface area contributed by atoms with Crippen molar-refractivity contribution in [2.45, 2.75) is 38.3 Å². The molecule has 1 fully saturated rings. The van der Waals surface area contributed by atoms with Crippen LogP contribution < -0.4 is 5.73 Å². The zero-order valence-electron chi connectivity index (χ0n) is 11.3. The number of halogens is 1. The van der Waals surface area contributed by atoms with E-state index in [-0.39, 0.29) is 17.9 Å². The third-order valence-corrected chi connectivity index (χ3v) is 3.97. The van der Waals surface area contributed by atoms with Gasteiger partial charge in [0.05, 0.1) is 6.04 Å². The Labute approximate surface area is 109 Å². The minimum Gasteiger partial charge on any atom is -0.326 e. The highest BCUT2D eigenvalue weighted by molar-refractivity contribution is 5.22. The van der Waals surface area contributed by atoms with Gasteiger partial charge < -0.3 is 5.73 Å². The summed E-state index contributed by atoms with van der Waals surface area (Å²) in [6, 6.07) is 6.86. The van der Waals surface area contributed by atoms with Gasteiger partial charge in [0.15, 0.2) is 0 Å². The summed E-state index contributed by atoms with van der Waals surface area (Å²) in [5.74, 6) is 0.614. The molecule has 0 bridgehead atoms. The lowest BCUT2D eigenvalue weighted by molar-refractivity contribution is 0.146. The molecule has 1 aliphatic rings. The Morgan fingerprint density at radius 3 is 2.56 bits per heavy atom. The Morgan fingerprint density at radius 2 is 2.06 bits per heavy atom. The number of nitrogens with two attached hydrogens (primary N) is 1. The summed E-state index contributed by atoms with van der Waals surface area (Å²) in [5.41, 5.74) is 6.78. The van der Waals surface area contributed by atoms with Gasteiger partial charge in [-0.05, 0) is 38.8 Å². The van der Waals surface area contributed by atoms with E-state index >= 15 is 0 Å². The van der Waals surface area contributed by atoms with Gasteiger partial charge in [-0.3, -0.25) is 4.90 Å². The van der Waals surface area contributed by atoms with E-state index in [1.165, 1.54) is 25.3 Å². The van der Waals surface area contributed by atoms with E-state index in [0.29, 0.717) is 5.56 Å². The predicted octanol–water partition coefficient (Wildman–Crippen LogP) is 2.95. The number of hydrogen-bond donors (Lipinski definition) is 1. The van der Waals surface area contributed by atoms with Crippen LogP contribution in [0.3, 0.4) is 0 Å². The zero-order valence-corrected chi connectivity index (χ0v) is 11.3. The van der Waals surface area contributed by atoms with Crippen molar-refractivity contribution in [1.82, 2.24) is 4.90 Å². The molecular formula is C15H23FN2. The zero-order chi connectivity index (χ0) is 13.1. The van der Waals surface area contributed by atoms with E-state index in [1.54, 1.807) is 6.07 Å². The number of rotatable bonds is 5. The van der Waals surface area contributed by atoms with Gasteiger partial charge in [-0.2, -0.15) is 0 Å². The second kappa shape index (κ2) is 5.81. The minimum atomic E-state index is -0.153. The summed E-state index contributed by atoms with van der Waals surface area (Å²) in [7, 11) is 2.05. The number of likely N-dealkylation sites (N-methyl/N-ethyl adjacent to an activating group) is 1. The third-order valence-electron chi connectivity index (χ3n) is 3.97. The van der Waals surface area contributed by atoms with Crippen LogP contribution in [0.5, 0.6) is 0 Å². The molecule has 0 aromatic heterocycles. The van der Waals surface area contributed by atoms with Gasteiger partial charge in [0, 0.05) is 18.2 Å². The predicted molar refractivity (Wildman–Crippen MR) is 72.8 cm³/mol. The Bertz CT molecular complexity index is 388. The maximum Gasteiger partial charge on any atom is 0.128 e. The highest BCUT2D eigenvalue weighted by Crippen LogP contribution is 2.31. The molecule has 0 spiro atoms. The molecule has 1 aromatic rings. The van der Waals surface area contributed by atoms with E-state index in [2.05, 4.69) is 11.9 Å². The van der Waals surface area contributed by atoms with Crippen LogP contribution in [0.1, 0.15) is 37.8 Å². The van der Waals surface area contributed by atoms with Crippen molar-refractivity contribution in [2.75, 3.05) is 13.6 Å². The lowest BCUT2D eigenvalue weighted by Gasteiger charge is -2.37. The Morgan fingerprint density at radius 1 is 1.39 bits per heavy atom. The summed E-state index contributed by atoms with van der Waals surface area (Å²) < 4.78 is 13.9. The molecule has 0 amide bonds. The van der Waals surface area contributed by atoms with Crippen LogP contribution in [-0.2, 0) is 0 Å². The van der Waals surface area contributed by atoms with Crippen LogP contribution in [0.25, 0.3) is 0 Å². The quantitative estimate of drug-likeness (QED) is 0.870. The molecule has 18 heavy (non-hydrogen) atoms. The van der Waals surface area contributed by atoms with Crippen molar-refractivity contribution in [1.29, 1.82) is 0 Å². The topological polar surface area (TPSA) is 29.3 Å². The van der Waals surface area contributed by atoms with Crippen LogP contribution in [0, 0.1) is 11.7 Å². The van der Waals surface area contributed by atoms with E-state index in [9.17, 15) is 4.39 Å². The molecule has 0 saturated heterocycles. The summed E-state index contributed by atoms with van der Waals surface area (Å²) in [6.07, 6.45) is 3.93. The van der Waals surface area contributed by atoms with Crippen molar-refractivity contribution in [3.05, 3.63) is 35.6 Å². The van der Waals surface area contributed by atoms with Crippen LogP contribution >= 0.6 is 0 Å². The first-order valence-corrected chi connectivity index (χ1v) is 6.80. The second-order valence-electron chi connectivity index (χ2n) is 5.56. The fourth-order valence-electron chi connectivity index (χ4n) is 2.83. The van der Waals surface area contributed by atoms with Gasteiger partial charge in [-0.25, -0.2) is 4.39 Å². The number of benzene rings is 1. The van der Waals surface area contributed by atoms with E-state index in [4.69, 9.17) is 5.73 Å². The fraction of sp³-hybridized carbons (Fsp3) is 0.600. The number of hydrogen-bond acceptors (Lipinski definition) is 2. The number of nitrogens with zero attached hydrogens (tertiary/aromatic N) is 1. The monoisotopic (exact) mass is 250 g/mol. The van der Waals surface area contributed by atoms with E-state index in [0.717, 1.165) is 12.5 Å². The van der Waals surface area contributed by atoms with Crippen molar-refractivity contribution in [2.24, 2.45) is 11.7 Å². The van der Waals surface area contributed by atoms with Crippen LogP contribution in [0.2, 0.25) is 0 Å². The van der Waals surface area contributed by atoms with Crippen molar-refractivity contribution >= 4 is 0 Å². The molecule has 2 nitrogen and oxygen atoms in total. The van der Waals surface area contributed by atoms with Crippen LogP contribution in [-0.4, -0.2) is 24.5 Å². The van der Waals surface area contributed by atoms with Gasteiger partial charge in [0.25, 0.3) is 0 Å². The van der Waals surface area contributed by atoms with E-state index in [1.807, 2.05) is 19.1 Å². The van der Waals surface area contributed by atoms with E-state index < -0.39 is 0 Å². The minimum absolute atomic E-state index is 0.0354. The van der Waals surface area contributed by atoms with Crippen molar-refractivity contribution in [3.8, 4) is 0 Å².